The minimum absolute atomic E-state index is 0.247. The Bertz CT molecular complexity index is 855. The van der Waals surface area contributed by atoms with E-state index in [9.17, 15) is 18.0 Å². The second kappa shape index (κ2) is 6.79. The number of halogens is 3. The number of nitrogens with zero attached hydrogens (tertiary/aromatic N) is 3. The summed E-state index contributed by atoms with van der Waals surface area (Å²) in [5, 5.41) is 6.65. The molecule has 1 amide bonds. The summed E-state index contributed by atoms with van der Waals surface area (Å²) in [5.74, 6) is 0.975. The fourth-order valence-electron chi connectivity index (χ4n) is 3.22. The Balaban J connectivity index is 1.79. The number of carbonyl (C=O) groups excluding carboxylic acids is 1. The Morgan fingerprint density at radius 3 is 2.54 bits per heavy atom. The number of anilines is 2. The summed E-state index contributed by atoms with van der Waals surface area (Å²) in [5.41, 5.74) is -2.02. The second-order valence-corrected chi connectivity index (χ2v) is 8.21. The monoisotopic (exact) mass is 396 g/mol. The quantitative estimate of drug-likeness (QED) is 0.834. The topological polar surface area (TPSA) is 71.3 Å². The van der Waals surface area contributed by atoms with E-state index in [-0.39, 0.29) is 11.3 Å². The van der Waals surface area contributed by atoms with Gasteiger partial charge < -0.3 is 14.7 Å². The van der Waals surface area contributed by atoms with E-state index >= 15 is 0 Å². The molecule has 3 rings (SSSR count). The molecule has 28 heavy (non-hydrogen) atoms. The number of alkyl halides is 3. The summed E-state index contributed by atoms with van der Waals surface area (Å²) >= 11 is 0. The minimum Gasteiger partial charge on any atom is -0.359 e. The summed E-state index contributed by atoms with van der Waals surface area (Å²) in [7, 11) is 0. The molecule has 0 saturated carbocycles. The third-order valence-corrected chi connectivity index (χ3v) is 4.97. The molecule has 3 heterocycles. The molecule has 0 spiro atoms. The van der Waals surface area contributed by atoms with Crippen molar-refractivity contribution in [2.24, 2.45) is 0 Å². The summed E-state index contributed by atoms with van der Waals surface area (Å²) < 4.78 is 43.6. The molecule has 0 aromatic carbocycles. The Morgan fingerprint density at radius 2 is 2.00 bits per heavy atom. The fourth-order valence-corrected chi connectivity index (χ4v) is 3.22. The van der Waals surface area contributed by atoms with Crippen LogP contribution in [0.2, 0.25) is 0 Å². The van der Waals surface area contributed by atoms with Gasteiger partial charge in [0.25, 0.3) is 5.91 Å². The molecule has 152 valence electrons. The zero-order valence-corrected chi connectivity index (χ0v) is 16.2. The maximum atomic E-state index is 13.0. The largest absolute Gasteiger partial charge is 0.417 e. The van der Waals surface area contributed by atoms with E-state index < -0.39 is 17.3 Å². The van der Waals surface area contributed by atoms with Crippen LogP contribution in [0.5, 0.6) is 0 Å². The number of nitrogens with one attached hydrogen (secondary N) is 1. The smallest absolute Gasteiger partial charge is 0.359 e. The number of aromatic nitrogens is 2. The highest BCUT2D eigenvalue weighted by Gasteiger charge is 2.44. The average Bonchev–Trinajstić information content (AvgIpc) is 3.21. The first-order valence-electron chi connectivity index (χ1n) is 9.01. The van der Waals surface area contributed by atoms with Gasteiger partial charge in [0.2, 0.25) is 0 Å². The van der Waals surface area contributed by atoms with Crippen molar-refractivity contribution in [1.82, 2.24) is 10.1 Å². The van der Waals surface area contributed by atoms with Crippen LogP contribution in [-0.2, 0) is 16.4 Å². The van der Waals surface area contributed by atoms with Crippen LogP contribution in [0.4, 0.5) is 24.8 Å². The van der Waals surface area contributed by atoms with E-state index in [0.717, 1.165) is 18.7 Å². The van der Waals surface area contributed by atoms with Crippen molar-refractivity contribution in [3.63, 3.8) is 0 Å². The lowest BCUT2D eigenvalue weighted by Gasteiger charge is -2.34. The van der Waals surface area contributed by atoms with Crippen molar-refractivity contribution < 1.29 is 22.5 Å². The third kappa shape index (κ3) is 3.83. The molecule has 0 unspecified atom stereocenters. The first-order chi connectivity index (χ1) is 12.9. The number of carbonyl (C=O) groups is 1. The fraction of sp³-hybridized carbons (Fsp3) is 0.526. The summed E-state index contributed by atoms with van der Waals surface area (Å²) in [6.45, 7) is 8.17. The molecule has 9 heteroatoms. The normalized spacial score (nSPS) is 20.5. The maximum absolute atomic E-state index is 13.0. The Labute approximate surface area is 161 Å². The lowest BCUT2D eigenvalue weighted by molar-refractivity contribution is -0.137. The molecular formula is C19H23F3N4O2. The molecular weight excluding hydrogens is 373 g/mol. The Morgan fingerprint density at radius 1 is 1.29 bits per heavy atom. The predicted octanol–water partition coefficient (Wildman–Crippen LogP) is 4.38. The number of hydrogen-bond donors (Lipinski definition) is 1. The molecule has 0 bridgehead atoms. The number of pyridine rings is 1. The SMILES string of the molecule is CC(C)(C)c1cc(NC(=O)[C@]2(C)CCCN2c2ccc(C(F)(F)F)cn2)no1. The molecule has 2 aromatic heterocycles. The van der Waals surface area contributed by atoms with E-state index in [0.29, 0.717) is 30.4 Å². The van der Waals surface area contributed by atoms with Gasteiger partial charge in [-0.2, -0.15) is 13.2 Å². The third-order valence-electron chi connectivity index (χ3n) is 4.97. The lowest BCUT2D eigenvalue weighted by atomic mass is 9.93. The van der Waals surface area contributed by atoms with Crippen LogP contribution in [-0.4, -0.2) is 28.1 Å². The number of rotatable bonds is 3. The minimum atomic E-state index is -4.45. The first-order valence-corrected chi connectivity index (χ1v) is 9.01. The van der Waals surface area contributed by atoms with Crippen molar-refractivity contribution in [2.45, 2.75) is 57.7 Å². The van der Waals surface area contributed by atoms with Crippen molar-refractivity contribution in [3.05, 3.63) is 35.7 Å². The van der Waals surface area contributed by atoms with E-state index in [2.05, 4.69) is 15.5 Å². The highest BCUT2D eigenvalue weighted by Crippen LogP contribution is 2.36. The van der Waals surface area contributed by atoms with Gasteiger partial charge in [-0.3, -0.25) is 4.79 Å². The van der Waals surface area contributed by atoms with Gasteiger partial charge in [-0.05, 0) is 31.9 Å². The Kier molecular flexibility index (Phi) is 4.89. The van der Waals surface area contributed by atoms with Gasteiger partial charge in [0.15, 0.2) is 5.82 Å². The molecule has 0 radical (unpaired) electrons. The summed E-state index contributed by atoms with van der Waals surface area (Å²) in [4.78, 5) is 18.6. The zero-order chi connectivity index (χ0) is 20.7. The van der Waals surface area contributed by atoms with Gasteiger partial charge >= 0.3 is 6.18 Å². The summed E-state index contributed by atoms with van der Waals surface area (Å²) in [6.07, 6.45) is -2.39. The van der Waals surface area contributed by atoms with E-state index in [1.165, 1.54) is 6.07 Å². The Hall–Kier alpha value is -2.58. The molecule has 1 saturated heterocycles. The molecule has 2 aromatic rings. The molecule has 6 nitrogen and oxygen atoms in total. The van der Waals surface area contributed by atoms with Crippen molar-refractivity contribution in [1.29, 1.82) is 0 Å². The van der Waals surface area contributed by atoms with Crippen LogP contribution in [0.1, 0.15) is 51.9 Å². The van der Waals surface area contributed by atoms with Gasteiger partial charge in [0.1, 0.15) is 17.1 Å². The average molecular weight is 396 g/mol. The van der Waals surface area contributed by atoms with E-state index in [1.807, 2.05) is 20.8 Å². The van der Waals surface area contributed by atoms with E-state index in [1.54, 1.807) is 17.9 Å². The molecule has 1 aliphatic rings. The van der Waals surface area contributed by atoms with Crippen LogP contribution < -0.4 is 10.2 Å². The molecule has 1 atom stereocenters. The van der Waals surface area contributed by atoms with E-state index in [4.69, 9.17) is 4.52 Å². The molecule has 0 aliphatic carbocycles. The lowest BCUT2D eigenvalue weighted by Crippen LogP contribution is -2.51. The number of amides is 1. The standard InChI is InChI=1S/C19H23F3N4O2/c1-17(2,3)13-10-14(25-28-13)24-16(27)18(4)8-5-9-26(18)15-7-6-12(11-23-15)19(20,21)22/h6-7,10-11H,5,8-9H2,1-4H3,(H,24,25,27)/t18-/m0/s1. The van der Waals surface area contributed by atoms with Gasteiger partial charge in [0, 0.05) is 24.2 Å². The van der Waals surface area contributed by atoms with Gasteiger partial charge in [-0.25, -0.2) is 4.98 Å². The van der Waals surface area contributed by atoms with Crippen molar-refractivity contribution in [3.8, 4) is 0 Å². The van der Waals surface area contributed by atoms with Crippen LogP contribution in [0.25, 0.3) is 0 Å². The van der Waals surface area contributed by atoms with Gasteiger partial charge in [-0.15, -0.1) is 0 Å². The maximum Gasteiger partial charge on any atom is 0.417 e. The molecule has 1 N–H and O–H groups in total. The molecule has 1 aliphatic heterocycles. The molecule has 1 fully saturated rings. The van der Waals surface area contributed by atoms with Gasteiger partial charge in [-0.1, -0.05) is 25.9 Å². The van der Waals surface area contributed by atoms with Crippen LogP contribution in [0.15, 0.2) is 28.9 Å². The highest BCUT2D eigenvalue weighted by atomic mass is 19.4. The van der Waals surface area contributed by atoms with Crippen LogP contribution >= 0.6 is 0 Å². The first kappa shape index (κ1) is 20.2. The predicted molar refractivity (Wildman–Crippen MR) is 98.1 cm³/mol. The second-order valence-electron chi connectivity index (χ2n) is 8.21. The van der Waals surface area contributed by atoms with Crippen LogP contribution in [0, 0.1) is 0 Å². The zero-order valence-electron chi connectivity index (χ0n) is 16.2. The van der Waals surface area contributed by atoms with Gasteiger partial charge in [0.05, 0.1) is 5.56 Å². The van der Waals surface area contributed by atoms with Crippen molar-refractivity contribution in [2.75, 3.05) is 16.8 Å². The summed E-state index contributed by atoms with van der Waals surface area (Å²) in [6, 6.07) is 3.95. The van der Waals surface area contributed by atoms with Crippen LogP contribution in [0.3, 0.4) is 0 Å². The highest BCUT2D eigenvalue weighted by molar-refractivity contribution is 5.99. The van der Waals surface area contributed by atoms with Crippen molar-refractivity contribution >= 4 is 17.5 Å². The number of hydrogen-bond acceptors (Lipinski definition) is 5.